The Kier molecular flexibility index (Phi) is 6.52. The molecule has 0 unspecified atom stereocenters. The molecular formula is C29H26ClN3O3S. The smallest absolute Gasteiger partial charge is 0.271 e. The van der Waals surface area contributed by atoms with Crippen LogP contribution in [0.1, 0.15) is 42.4 Å². The SMILES string of the molecule is COc1ccccc1[C@H]1C(C(C)=O)=C(C)N=c2s/c(=C\c3cc(C)n(-c4ccc(Cl)cc4)c3C)c(=O)n21. The number of allylic oxidation sites excluding steroid dienone is 2. The van der Waals surface area contributed by atoms with Crippen LogP contribution in [-0.4, -0.2) is 22.0 Å². The van der Waals surface area contributed by atoms with Gasteiger partial charge in [0.1, 0.15) is 5.75 Å². The molecule has 0 radical (unpaired) electrons. The van der Waals surface area contributed by atoms with Gasteiger partial charge in [0.15, 0.2) is 10.6 Å². The highest BCUT2D eigenvalue weighted by atomic mass is 35.5. The lowest BCUT2D eigenvalue weighted by Gasteiger charge is -2.25. The first-order valence-electron chi connectivity index (χ1n) is 11.8. The molecule has 0 saturated carbocycles. The number of ketones is 1. The zero-order valence-corrected chi connectivity index (χ0v) is 22.8. The highest BCUT2D eigenvalue weighted by Crippen LogP contribution is 2.35. The molecule has 6 nitrogen and oxygen atoms in total. The number of benzene rings is 2. The van der Waals surface area contributed by atoms with Crippen LogP contribution in [0.3, 0.4) is 0 Å². The van der Waals surface area contributed by atoms with Crippen LogP contribution in [0.25, 0.3) is 11.8 Å². The molecule has 0 aliphatic carbocycles. The molecule has 5 rings (SSSR count). The summed E-state index contributed by atoms with van der Waals surface area (Å²) in [6.07, 6.45) is 1.91. The van der Waals surface area contributed by atoms with E-state index in [-0.39, 0.29) is 11.3 Å². The molecule has 4 aromatic rings. The molecule has 188 valence electrons. The lowest BCUT2D eigenvalue weighted by molar-refractivity contribution is -0.114. The fourth-order valence-electron chi connectivity index (χ4n) is 5.02. The third-order valence-electron chi connectivity index (χ3n) is 6.68. The number of ether oxygens (including phenoxy) is 1. The number of carbonyl (C=O) groups excluding carboxylic acids is 1. The van der Waals surface area contributed by atoms with Crippen LogP contribution in [0.15, 0.2) is 75.7 Å². The number of aromatic nitrogens is 2. The fourth-order valence-corrected chi connectivity index (χ4v) is 6.18. The van der Waals surface area contributed by atoms with Gasteiger partial charge in [0.2, 0.25) is 0 Å². The molecule has 8 heteroatoms. The molecule has 0 fully saturated rings. The van der Waals surface area contributed by atoms with Crippen molar-refractivity contribution in [2.75, 3.05) is 7.11 Å². The Bertz CT molecular complexity index is 1760. The highest BCUT2D eigenvalue weighted by molar-refractivity contribution is 7.07. The maximum Gasteiger partial charge on any atom is 0.271 e. The third kappa shape index (κ3) is 4.28. The normalized spacial score (nSPS) is 15.5. The van der Waals surface area contributed by atoms with Gasteiger partial charge in [0, 0.05) is 38.9 Å². The first kappa shape index (κ1) is 25.0. The zero-order valence-electron chi connectivity index (χ0n) is 21.2. The van der Waals surface area contributed by atoms with Crippen molar-refractivity contribution in [1.82, 2.24) is 9.13 Å². The Balaban J connectivity index is 1.72. The fraction of sp³-hybridized carbons (Fsp3) is 0.207. The molecule has 2 aromatic carbocycles. The molecule has 0 bridgehead atoms. The number of methoxy groups -OCH3 is 1. The second-order valence-corrected chi connectivity index (χ2v) is 10.5. The van der Waals surface area contributed by atoms with Gasteiger partial charge in [-0.2, -0.15) is 0 Å². The Morgan fingerprint density at radius 3 is 2.49 bits per heavy atom. The number of halogens is 1. The molecule has 2 aromatic heterocycles. The van der Waals surface area contributed by atoms with Gasteiger partial charge in [0.25, 0.3) is 5.56 Å². The van der Waals surface area contributed by atoms with Gasteiger partial charge in [-0.25, -0.2) is 4.99 Å². The van der Waals surface area contributed by atoms with Gasteiger partial charge < -0.3 is 9.30 Å². The number of hydrogen-bond acceptors (Lipinski definition) is 5. The van der Waals surface area contributed by atoms with Gasteiger partial charge in [-0.1, -0.05) is 41.1 Å². The molecule has 0 spiro atoms. The van der Waals surface area contributed by atoms with E-state index < -0.39 is 6.04 Å². The van der Waals surface area contributed by atoms with E-state index in [1.165, 1.54) is 18.3 Å². The quantitative estimate of drug-likeness (QED) is 0.368. The number of rotatable bonds is 5. The molecule has 37 heavy (non-hydrogen) atoms. The molecule has 3 heterocycles. The summed E-state index contributed by atoms with van der Waals surface area (Å²) >= 11 is 7.40. The maximum absolute atomic E-state index is 13.9. The third-order valence-corrected chi connectivity index (χ3v) is 7.91. The summed E-state index contributed by atoms with van der Waals surface area (Å²) in [5.41, 5.74) is 5.64. The van der Waals surface area contributed by atoms with Gasteiger partial charge in [-0.05, 0) is 75.7 Å². The van der Waals surface area contributed by atoms with Crippen molar-refractivity contribution in [2.24, 2.45) is 4.99 Å². The number of nitrogens with zero attached hydrogens (tertiary/aromatic N) is 3. The predicted octanol–water partition coefficient (Wildman–Crippen LogP) is 4.89. The largest absolute Gasteiger partial charge is 0.496 e. The highest BCUT2D eigenvalue weighted by Gasteiger charge is 2.32. The van der Waals surface area contributed by atoms with Crippen molar-refractivity contribution in [3.63, 3.8) is 0 Å². The predicted molar refractivity (Wildman–Crippen MR) is 148 cm³/mol. The minimum Gasteiger partial charge on any atom is -0.496 e. The molecular weight excluding hydrogens is 506 g/mol. The van der Waals surface area contributed by atoms with E-state index in [1.54, 1.807) is 11.7 Å². The van der Waals surface area contributed by atoms with Crippen LogP contribution in [0.5, 0.6) is 5.75 Å². The number of fused-ring (bicyclic) bond motifs is 1. The first-order chi connectivity index (χ1) is 17.7. The lowest BCUT2D eigenvalue weighted by atomic mass is 9.93. The average Bonchev–Trinajstić information content (AvgIpc) is 3.33. The number of thiazole rings is 1. The second kappa shape index (κ2) is 9.65. The zero-order chi connectivity index (χ0) is 26.4. The van der Waals surface area contributed by atoms with Crippen molar-refractivity contribution in [3.8, 4) is 11.4 Å². The van der Waals surface area contributed by atoms with Gasteiger partial charge in [-0.15, -0.1) is 0 Å². The Labute approximate surface area is 223 Å². The molecule has 0 N–H and O–H groups in total. The average molecular weight is 532 g/mol. The number of para-hydroxylation sites is 1. The van der Waals surface area contributed by atoms with Crippen molar-refractivity contribution in [3.05, 3.63) is 113 Å². The van der Waals surface area contributed by atoms with E-state index in [0.29, 0.717) is 31.4 Å². The van der Waals surface area contributed by atoms with Crippen LogP contribution in [-0.2, 0) is 4.79 Å². The number of carbonyl (C=O) groups is 1. The van der Waals surface area contributed by atoms with E-state index in [2.05, 4.69) is 15.6 Å². The number of hydrogen-bond donors (Lipinski definition) is 0. The van der Waals surface area contributed by atoms with Crippen LogP contribution >= 0.6 is 22.9 Å². The molecule has 1 atom stereocenters. The van der Waals surface area contributed by atoms with Gasteiger partial charge in [0.05, 0.1) is 17.7 Å². The molecule has 1 aliphatic rings. The lowest BCUT2D eigenvalue weighted by Crippen LogP contribution is -2.39. The Morgan fingerprint density at radius 1 is 1.11 bits per heavy atom. The van der Waals surface area contributed by atoms with E-state index in [0.717, 1.165) is 28.2 Å². The van der Waals surface area contributed by atoms with Crippen LogP contribution < -0.4 is 19.6 Å². The van der Waals surface area contributed by atoms with Crippen LogP contribution in [0, 0.1) is 13.8 Å². The van der Waals surface area contributed by atoms with E-state index in [1.807, 2.05) is 75.4 Å². The number of Topliss-reactive ketones (excluding diaryl/α,β-unsaturated/α-hetero) is 1. The Hall–Kier alpha value is -3.68. The summed E-state index contributed by atoms with van der Waals surface area (Å²) in [6.45, 7) is 7.39. The topological polar surface area (TPSA) is 65.6 Å². The van der Waals surface area contributed by atoms with Crippen molar-refractivity contribution >= 4 is 34.8 Å². The van der Waals surface area contributed by atoms with Gasteiger partial charge >= 0.3 is 0 Å². The summed E-state index contributed by atoms with van der Waals surface area (Å²) in [6, 6.07) is 16.6. The monoisotopic (exact) mass is 531 g/mol. The van der Waals surface area contributed by atoms with Crippen molar-refractivity contribution < 1.29 is 9.53 Å². The summed E-state index contributed by atoms with van der Waals surface area (Å²) in [5, 5.41) is 0.678. The second-order valence-electron chi connectivity index (χ2n) is 9.02. The number of aryl methyl sites for hydroxylation is 1. The molecule has 0 amide bonds. The van der Waals surface area contributed by atoms with E-state index in [9.17, 15) is 9.59 Å². The van der Waals surface area contributed by atoms with Crippen molar-refractivity contribution in [1.29, 1.82) is 0 Å². The van der Waals surface area contributed by atoms with Crippen LogP contribution in [0.2, 0.25) is 5.02 Å². The van der Waals surface area contributed by atoms with Crippen LogP contribution in [0.4, 0.5) is 0 Å². The standard InChI is InChI=1S/C29H26ClN3O3S/c1-16-14-20(18(3)32(16)22-12-10-21(30)11-13-22)15-25-28(35)33-27(23-8-6-7-9-24(23)36-5)26(19(4)34)17(2)31-29(33)37-25/h6-15,27H,1-5H3/b25-15-/t27-/m0/s1. The first-order valence-corrected chi connectivity index (χ1v) is 13.0. The minimum atomic E-state index is -0.617. The summed E-state index contributed by atoms with van der Waals surface area (Å²) in [5.74, 6) is 0.486. The minimum absolute atomic E-state index is 0.127. The Morgan fingerprint density at radius 2 is 1.81 bits per heavy atom. The molecule has 0 saturated heterocycles. The maximum atomic E-state index is 13.9. The summed E-state index contributed by atoms with van der Waals surface area (Å²) in [4.78, 5) is 31.9. The summed E-state index contributed by atoms with van der Waals surface area (Å²) < 4.78 is 9.91. The molecule has 1 aliphatic heterocycles. The summed E-state index contributed by atoms with van der Waals surface area (Å²) in [7, 11) is 1.59. The van der Waals surface area contributed by atoms with Gasteiger partial charge in [-0.3, -0.25) is 14.2 Å². The van der Waals surface area contributed by atoms with E-state index in [4.69, 9.17) is 16.3 Å². The van der Waals surface area contributed by atoms with Crippen molar-refractivity contribution in [2.45, 2.75) is 33.7 Å². The van der Waals surface area contributed by atoms with E-state index >= 15 is 0 Å².